The third kappa shape index (κ3) is 3.31. The number of aromatic nitrogens is 2. The van der Waals surface area contributed by atoms with Crippen molar-refractivity contribution in [3.63, 3.8) is 0 Å². The second-order valence-electron chi connectivity index (χ2n) is 5.96. The second kappa shape index (κ2) is 5.84. The molecule has 0 atom stereocenters. The molecule has 0 radical (unpaired) electrons. The summed E-state index contributed by atoms with van der Waals surface area (Å²) in [6.45, 7) is 3.40. The minimum atomic E-state index is -3.22. The van der Waals surface area contributed by atoms with Crippen LogP contribution in [0, 0.1) is 0 Å². The second-order valence-corrected chi connectivity index (χ2v) is 8.70. The number of nitrogens with zero attached hydrogens (tertiary/aromatic N) is 3. The molecule has 1 aliphatic heterocycles. The average molecular weight is 344 g/mol. The van der Waals surface area contributed by atoms with Gasteiger partial charge in [0.05, 0.1) is 17.6 Å². The topological polar surface area (TPSA) is 111 Å². The summed E-state index contributed by atoms with van der Waals surface area (Å²) < 4.78 is 28.8. The van der Waals surface area contributed by atoms with Crippen molar-refractivity contribution in [2.75, 3.05) is 31.3 Å². The van der Waals surface area contributed by atoms with Crippen LogP contribution in [0.3, 0.4) is 0 Å². The van der Waals surface area contributed by atoms with Crippen molar-refractivity contribution in [3.8, 4) is 0 Å². The molecule has 10 heteroatoms. The smallest absolute Gasteiger partial charge is 0.356 e. The monoisotopic (exact) mass is 344 g/mol. The summed E-state index contributed by atoms with van der Waals surface area (Å²) >= 11 is 0. The maximum absolute atomic E-state index is 12.3. The standard InChI is InChI=1S/C13H20N4O5S/c1-13(2)8-17(5-6-23(13,20)21)12(19)14-10-7-9(11(18)22-4)16(3)15-10/h7H,5-6,8H2,1-4H3,(H,14,15,19). The van der Waals surface area contributed by atoms with Crippen LogP contribution < -0.4 is 5.32 Å². The molecule has 2 amide bonds. The number of sulfone groups is 1. The van der Waals surface area contributed by atoms with E-state index < -0.39 is 26.6 Å². The first-order valence-corrected chi connectivity index (χ1v) is 8.63. The van der Waals surface area contributed by atoms with Crippen molar-refractivity contribution >= 4 is 27.7 Å². The number of ether oxygens (including phenoxy) is 1. The quantitative estimate of drug-likeness (QED) is 0.770. The Labute approximate surface area is 134 Å². The molecule has 1 fully saturated rings. The van der Waals surface area contributed by atoms with Gasteiger partial charge in [0, 0.05) is 26.2 Å². The Bertz CT molecular complexity index is 738. The number of anilines is 1. The summed E-state index contributed by atoms with van der Waals surface area (Å²) in [7, 11) is -0.412. The van der Waals surface area contributed by atoms with Gasteiger partial charge in [0.1, 0.15) is 5.69 Å². The van der Waals surface area contributed by atoms with E-state index in [0.29, 0.717) is 0 Å². The van der Waals surface area contributed by atoms with Crippen LogP contribution in [0.5, 0.6) is 0 Å². The highest BCUT2D eigenvalue weighted by Gasteiger charge is 2.41. The molecule has 2 rings (SSSR count). The summed E-state index contributed by atoms with van der Waals surface area (Å²) in [5.74, 6) is -0.446. The molecule has 1 aromatic rings. The zero-order chi connectivity index (χ0) is 17.4. The van der Waals surface area contributed by atoms with Gasteiger partial charge in [0.25, 0.3) is 0 Å². The highest BCUT2D eigenvalue weighted by Crippen LogP contribution is 2.24. The van der Waals surface area contributed by atoms with E-state index in [2.05, 4.69) is 15.2 Å². The number of carbonyl (C=O) groups excluding carboxylic acids is 2. The predicted octanol–water partition coefficient (Wildman–Crippen LogP) is 0.248. The SMILES string of the molecule is COC(=O)c1cc(NC(=O)N2CCS(=O)(=O)C(C)(C)C2)nn1C. The van der Waals surface area contributed by atoms with Crippen LogP contribution in [0.15, 0.2) is 6.07 Å². The number of amides is 2. The number of carbonyl (C=O) groups is 2. The zero-order valence-corrected chi connectivity index (χ0v) is 14.3. The Hall–Kier alpha value is -2.10. The first-order valence-electron chi connectivity index (χ1n) is 6.98. The van der Waals surface area contributed by atoms with E-state index >= 15 is 0 Å². The molecule has 1 N–H and O–H groups in total. The molecule has 2 heterocycles. The lowest BCUT2D eigenvalue weighted by Gasteiger charge is -2.37. The number of esters is 1. The Kier molecular flexibility index (Phi) is 4.38. The predicted molar refractivity (Wildman–Crippen MR) is 83.0 cm³/mol. The van der Waals surface area contributed by atoms with Crippen molar-refractivity contribution in [1.29, 1.82) is 0 Å². The van der Waals surface area contributed by atoms with Gasteiger partial charge in [0.15, 0.2) is 15.7 Å². The number of methoxy groups -OCH3 is 1. The molecule has 0 aromatic carbocycles. The van der Waals surface area contributed by atoms with E-state index in [9.17, 15) is 18.0 Å². The molecule has 128 valence electrons. The van der Waals surface area contributed by atoms with Gasteiger partial charge in [-0.1, -0.05) is 0 Å². The van der Waals surface area contributed by atoms with Crippen LogP contribution in [0.2, 0.25) is 0 Å². The van der Waals surface area contributed by atoms with Crippen molar-refractivity contribution in [2.45, 2.75) is 18.6 Å². The zero-order valence-electron chi connectivity index (χ0n) is 13.5. The average Bonchev–Trinajstić information content (AvgIpc) is 2.81. The summed E-state index contributed by atoms with van der Waals surface area (Å²) in [5.41, 5.74) is 0.198. The fraction of sp³-hybridized carbons (Fsp3) is 0.615. The number of hydrogen-bond donors (Lipinski definition) is 1. The molecule has 1 aromatic heterocycles. The molecule has 0 saturated carbocycles. The van der Waals surface area contributed by atoms with E-state index in [0.717, 1.165) is 0 Å². The Morgan fingerprint density at radius 3 is 2.61 bits per heavy atom. The van der Waals surface area contributed by atoms with E-state index in [-0.39, 0.29) is 30.4 Å². The number of hydrogen-bond acceptors (Lipinski definition) is 6. The lowest BCUT2D eigenvalue weighted by atomic mass is 10.2. The molecule has 0 unspecified atom stereocenters. The van der Waals surface area contributed by atoms with Gasteiger partial charge >= 0.3 is 12.0 Å². The van der Waals surface area contributed by atoms with E-state index in [1.165, 1.54) is 22.8 Å². The van der Waals surface area contributed by atoms with Crippen molar-refractivity contribution < 1.29 is 22.7 Å². The van der Waals surface area contributed by atoms with Gasteiger partial charge in [0.2, 0.25) is 0 Å². The van der Waals surface area contributed by atoms with Crippen LogP contribution in [0.25, 0.3) is 0 Å². The molecule has 0 spiro atoms. The Morgan fingerprint density at radius 1 is 1.39 bits per heavy atom. The fourth-order valence-electron chi connectivity index (χ4n) is 2.33. The van der Waals surface area contributed by atoms with E-state index in [1.54, 1.807) is 20.9 Å². The molecule has 9 nitrogen and oxygen atoms in total. The van der Waals surface area contributed by atoms with Crippen LogP contribution in [-0.2, 0) is 21.6 Å². The lowest BCUT2D eigenvalue weighted by molar-refractivity contribution is 0.0588. The molecule has 0 aliphatic carbocycles. The minimum Gasteiger partial charge on any atom is -0.464 e. The van der Waals surface area contributed by atoms with Crippen LogP contribution >= 0.6 is 0 Å². The van der Waals surface area contributed by atoms with E-state index in [1.807, 2.05) is 0 Å². The third-order valence-electron chi connectivity index (χ3n) is 3.84. The Morgan fingerprint density at radius 2 is 2.04 bits per heavy atom. The van der Waals surface area contributed by atoms with Gasteiger partial charge in [-0.05, 0) is 13.8 Å². The molecular formula is C13H20N4O5S. The van der Waals surface area contributed by atoms with Crippen LogP contribution in [0.4, 0.5) is 10.6 Å². The highest BCUT2D eigenvalue weighted by molar-refractivity contribution is 7.92. The summed E-state index contributed by atoms with van der Waals surface area (Å²) in [5, 5.41) is 6.59. The minimum absolute atomic E-state index is 0.0803. The molecule has 23 heavy (non-hydrogen) atoms. The van der Waals surface area contributed by atoms with Crippen molar-refractivity contribution in [2.24, 2.45) is 7.05 Å². The molecule has 1 aliphatic rings. The van der Waals surface area contributed by atoms with Gasteiger partial charge in [-0.3, -0.25) is 10.00 Å². The first kappa shape index (κ1) is 17.3. The maximum atomic E-state index is 12.3. The summed E-state index contributed by atoms with van der Waals surface area (Å²) in [6, 6.07) is 0.942. The molecule has 1 saturated heterocycles. The number of urea groups is 1. The largest absolute Gasteiger partial charge is 0.464 e. The highest BCUT2D eigenvalue weighted by atomic mass is 32.2. The summed E-state index contributed by atoms with van der Waals surface area (Å²) in [4.78, 5) is 25.2. The van der Waals surface area contributed by atoms with Crippen LogP contribution in [-0.4, -0.2) is 65.8 Å². The normalized spacial score (nSPS) is 19.2. The maximum Gasteiger partial charge on any atom is 0.356 e. The summed E-state index contributed by atoms with van der Waals surface area (Å²) in [6.07, 6.45) is 0. The number of aryl methyl sites for hydroxylation is 1. The number of rotatable bonds is 2. The van der Waals surface area contributed by atoms with Gasteiger partial charge in [-0.15, -0.1) is 0 Å². The Balaban J connectivity index is 2.10. The fourth-order valence-corrected chi connectivity index (χ4v) is 3.70. The van der Waals surface area contributed by atoms with Crippen LogP contribution in [0.1, 0.15) is 24.3 Å². The first-order chi connectivity index (χ1) is 10.6. The molecule has 0 bridgehead atoms. The van der Waals surface area contributed by atoms with Gasteiger partial charge in [-0.25, -0.2) is 18.0 Å². The lowest BCUT2D eigenvalue weighted by Crippen LogP contribution is -2.55. The van der Waals surface area contributed by atoms with Crippen molar-refractivity contribution in [3.05, 3.63) is 11.8 Å². The van der Waals surface area contributed by atoms with E-state index in [4.69, 9.17) is 0 Å². The van der Waals surface area contributed by atoms with Crippen molar-refractivity contribution in [1.82, 2.24) is 14.7 Å². The molecular weight excluding hydrogens is 324 g/mol. The third-order valence-corrected chi connectivity index (χ3v) is 6.37. The van der Waals surface area contributed by atoms with Gasteiger partial charge in [-0.2, -0.15) is 5.10 Å². The number of nitrogens with one attached hydrogen (secondary N) is 1. The van der Waals surface area contributed by atoms with Gasteiger partial charge < -0.3 is 9.64 Å².